The molecule has 0 aliphatic carbocycles. The Bertz CT molecular complexity index is 124. The Labute approximate surface area is 49.7 Å². The molecule has 1 heterocycles. The van der Waals surface area contributed by atoms with Crippen molar-refractivity contribution in [2.24, 2.45) is 0 Å². The average Bonchev–Trinajstić information content (AvgIpc) is 1.82. The van der Waals surface area contributed by atoms with Gasteiger partial charge in [-0.25, -0.2) is 5.41 Å². The largest absolute Gasteiger partial charge is 0.460 e. The lowest BCUT2D eigenvalue weighted by Gasteiger charge is -2.10. The summed E-state index contributed by atoms with van der Waals surface area (Å²) in [4.78, 5) is 0. The van der Waals surface area contributed by atoms with Gasteiger partial charge in [-0.15, -0.1) is 0 Å². The van der Waals surface area contributed by atoms with E-state index in [9.17, 15) is 0 Å². The van der Waals surface area contributed by atoms with Gasteiger partial charge in [-0.3, -0.25) is 0 Å². The highest BCUT2D eigenvalue weighted by atomic mass is 16.7. The second kappa shape index (κ2) is 1.44. The Morgan fingerprint density at radius 2 is 2.25 bits per heavy atom. The fourth-order valence-electron chi connectivity index (χ4n) is 0.549. The van der Waals surface area contributed by atoms with Crippen LogP contribution in [0.15, 0.2) is 0 Å². The van der Waals surface area contributed by atoms with Crippen LogP contribution in [-0.4, -0.2) is 33.8 Å². The summed E-state index contributed by atoms with van der Waals surface area (Å²) in [6.45, 7) is 0.492. The molecule has 8 heavy (non-hydrogen) atoms. The van der Waals surface area contributed by atoms with E-state index in [0.29, 0.717) is 6.61 Å². The molecule has 0 atom stereocenters. The molecule has 1 fully saturated rings. The first-order valence-electron chi connectivity index (χ1n) is 2.50. The quantitative estimate of drug-likeness (QED) is 0.363. The summed E-state index contributed by atoms with van der Waals surface area (Å²) in [5, 5.41) is 6.58. The van der Waals surface area contributed by atoms with E-state index in [1.165, 1.54) is 0 Å². The number of hydrogen-bond acceptors (Lipinski definition) is 3. The van der Waals surface area contributed by atoms with E-state index in [0.717, 1.165) is 0 Å². The topological polar surface area (TPSA) is 42.3 Å². The van der Waals surface area contributed by atoms with Gasteiger partial charge in [0, 0.05) is 0 Å². The standard InChI is InChI=1S/C3H7B2NO2/c4-3(5)1-7-2(6)8-3/h6H,1,4-5H2. The maximum atomic E-state index is 6.86. The van der Waals surface area contributed by atoms with E-state index >= 15 is 0 Å². The summed E-state index contributed by atoms with van der Waals surface area (Å²) in [6, 6.07) is 0. The highest BCUT2D eigenvalue weighted by Gasteiger charge is 2.29. The van der Waals surface area contributed by atoms with Crippen molar-refractivity contribution < 1.29 is 9.47 Å². The number of ether oxygens (including phenoxy) is 2. The Hall–Kier alpha value is -0.600. The minimum Gasteiger partial charge on any atom is -0.460 e. The van der Waals surface area contributed by atoms with E-state index in [1.54, 1.807) is 0 Å². The SMILES string of the molecule is BC1(B)COC(=N)O1. The van der Waals surface area contributed by atoms with Crippen molar-refractivity contribution in [3.63, 3.8) is 0 Å². The van der Waals surface area contributed by atoms with Crippen LogP contribution >= 0.6 is 0 Å². The molecule has 5 heteroatoms. The molecule has 0 aromatic rings. The summed E-state index contributed by atoms with van der Waals surface area (Å²) in [5.74, 6) is 0. The minimum absolute atomic E-state index is 0.0602. The Balaban J connectivity index is 2.56. The fraction of sp³-hybridized carbons (Fsp3) is 0.667. The summed E-state index contributed by atoms with van der Waals surface area (Å²) in [7, 11) is 3.77. The van der Waals surface area contributed by atoms with Crippen LogP contribution in [-0.2, 0) is 9.47 Å². The van der Waals surface area contributed by atoms with E-state index in [2.05, 4.69) is 0 Å². The molecular weight excluding hydrogens is 104 g/mol. The van der Waals surface area contributed by atoms with Crippen LogP contribution in [0.3, 0.4) is 0 Å². The third kappa shape index (κ3) is 0.967. The lowest BCUT2D eigenvalue weighted by Crippen LogP contribution is -2.32. The van der Waals surface area contributed by atoms with Gasteiger partial charge >= 0.3 is 6.08 Å². The van der Waals surface area contributed by atoms with Crippen LogP contribution < -0.4 is 0 Å². The van der Waals surface area contributed by atoms with Gasteiger partial charge in [0.1, 0.15) is 6.61 Å². The zero-order valence-electron chi connectivity index (χ0n) is 5.02. The molecule has 0 aromatic carbocycles. The summed E-state index contributed by atoms with van der Waals surface area (Å²) in [5.41, 5.74) is 0. The molecule has 0 saturated carbocycles. The highest BCUT2D eigenvalue weighted by molar-refractivity contribution is 6.40. The maximum Gasteiger partial charge on any atom is 0.379 e. The van der Waals surface area contributed by atoms with Crippen LogP contribution in [0.5, 0.6) is 0 Å². The zero-order chi connectivity index (χ0) is 6.20. The third-order valence-electron chi connectivity index (χ3n) is 0.920. The predicted molar refractivity (Wildman–Crippen MR) is 34.6 cm³/mol. The molecule has 1 rings (SSSR count). The molecule has 0 amide bonds. The molecule has 0 aromatic heterocycles. The lowest BCUT2D eigenvalue weighted by atomic mass is 9.66. The average molecular weight is 111 g/mol. The van der Waals surface area contributed by atoms with Gasteiger partial charge < -0.3 is 9.47 Å². The second-order valence-electron chi connectivity index (χ2n) is 2.44. The van der Waals surface area contributed by atoms with Crippen molar-refractivity contribution in [2.75, 3.05) is 6.61 Å². The van der Waals surface area contributed by atoms with Crippen LogP contribution in [0, 0.1) is 5.41 Å². The van der Waals surface area contributed by atoms with Gasteiger partial charge in [-0.2, -0.15) is 0 Å². The first-order chi connectivity index (χ1) is 3.60. The Morgan fingerprint density at radius 3 is 2.38 bits per heavy atom. The molecule has 1 saturated heterocycles. The highest BCUT2D eigenvalue weighted by Crippen LogP contribution is 2.09. The molecule has 1 aliphatic heterocycles. The molecule has 0 spiro atoms. The smallest absolute Gasteiger partial charge is 0.379 e. The van der Waals surface area contributed by atoms with E-state index in [-0.39, 0.29) is 11.5 Å². The van der Waals surface area contributed by atoms with E-state index < -0.39 is 0 Å². The first-order valence-corrected chi connectivity index (χ1v) is 2.50. The van der Waals surface area contributed by atoms with Crippen molar-refractivity contribution in [1.29, 1.82) is 5.41 Å². The summed E-state index contributed by atoms with van der Waals surface area (Å²) in [6.07, 6.45) is -0.0602. The van der Waals surface area contributed by atoms with Crippen molar-refractivity contribution in [2.45, 2.75) is 5.40 Å². The van der Waals surface area contributed by atoms with Crippen LogP contribution in [0.2, 0.25) is 0 Å². The van der Waals surface area contributed by atoms with E-state index in [4.69, 9.17) is 14.9 Å². The number of hydrogen-bond donors (Lipinski definition) is 1. The van der Waals surface area contributed by atoms with E-state index in [1.807, 2.05) is 15.7 Å². The number of nitrogens with one attached hydrogen (secondary N) is 1. The summed E-state index contributed by atoms with van der Waals surface area (Å²) < 4.78 is 9.64. The molecule has 1 N–H and O–H groups in total. The summed E-state index contributed by atoms with van der Waals surface area (Å²) >= 11 is 0. The lowest BCUT2D eigenvalue weighted by molar-refractivity contribution is 0.268. The molecule has 3 nitrogen and oxygen atoms in total. The van der Waals surface area contributed by atoms with Gasteiger partial charge in [-0.05, 0) is 0 Å². The van der Waals surface area contributed by atoms with Crippen LogP contribution in [0.1, 0.15) is 0 Å². The van der Waals surface area contributed by atoms with Crippen molar-refractivity contribution in [3.05, 3.63) is 0 Å². The van der Waals surface area contributed by atoms with Gasteiger partial charge in [0.25, 0.3) is 0 Å². The first kappa shape index (κ1) is 5.54. The molecule has 42 valence electrons. The fourth-order valence-corrected chi connectivity index (χ4v) is 0.549. The Morgan fingerprint density at radius 1 is 1.62 bits per heavy atom. The Kier molecular flexibility index (Phi) is 0.993. The molecule has 1 aliphatic rings. The van der Waals surface area contributed by atoms with Crippen molar-refractivity contribution in [1.82, 2.24) is 0 Å². The monoisotopic (exact) mass is 111 g/mol. The minimum atomic E-state index is -0.281. The van der Waals surface area contributed by atoms with Crippen LogP contribution in [0.4, 0.5) is 0 Å². The predicted octanol–water partition coefficient (Wildman–Crippen LogP) is -2.11. The molecule has 0 bridgehead atoms. The van der Waals surface area contributed by atoms with Gasteiger partial charge in [0.15, 0.2) is 15.7 Å². The normalized spacial score (nSPS) is 24.2. The maximum absolute atomic E-state index is 6.86. The molecular formula is C3H7B2NO2. The van der Waals surface area contributed by atoms with Gasteiger partial charge in [-0.1, -0.05) is 0 Å². The third-order valence-corrected chi connectivity index (χ3v) is 0.920. The van der Waals surface area contributed by atoms with Crippen LogP contribution in [0.25, 0.3) is 0 Å². The molecule has 0 unspecified atom stereocenters. The second-order valence-corrected chi connectivity index (χ2v) is 2.44. The van der Waals surface area contributed by atoms with Gasteiger partial charge in [0.05, 0.1) is 5.40 Å². The van der Waals surface area contributed by atoms with Gasteiger partial charge in [0.2, 0.25) is 0 Å². The zero-order valence-corrected chi connectivity index (χ0v) is 5.02. The van der Waals surface area contributed by atoms with Crippen molar-refractivity contribution >= 4 is 21.8 Å². The van der Waals surface area contributed by atoms with Crippen molar-refractivity contribution in [3.8, 4) is 0 Å². The number of rotatable bonds is 0. The molecule has 0 radical (unpaired) electrons.